The number of amides is 2. The number of nitrogens with one attached hydrogen (secondary N) is 2. The van der Waals surface area contributed by atoms with Gasteiger partial charge in [-0.2, -0.15) is 0 Å². The van der Waals surface area contributed by atoms with Crippen molar-refractivity contribution >= 4 is 40.9 Å². The third kappa shape index (κ3) is 14.7. The number of esters is 1. The number of halogens is 1. The summed E-state index contributed by atoms with van der Waals surface area (Å²) < 4.78 is 50.8. The second kappa shape index (κ2) is 26.9. The molecule has 18 atom stereocenters. The highest BCUT2D eigenvalue weighted by molar-refractivity contribution is 7.18. The molecule has 81 heavy (non-hydrogen) atoms. The number of unbranched alkanes of at least 4 members (excludes halogenated alkanes) is 1. The Balaban J connectivity index is 1.08. The number of carbonyl (C=O) groups excluding carboxylic acids is 3. The van der Waals surface area contributed by atoms with Crippen LogP contribution in [0.1, 0.15) is 117 Å². The van der Waals surface area contributed by atoms with Gasteiger partial charge >= 0.3 is 12.1 Å². The van der Waals surface area contributed by atoms with Crippen LogP contribution < -0.4 is 15.4 Å². The fourth-order valence-electron chi connectivity index (χ4n) is 12.4. The number of likely N-dealkylation sites (N-methyl/N-ethyl adjacent to an activating group) is 2. The molecule has 1 unspecified atom stereocenters. The number of methoxy groups -OCH3 is 1. The third-order valence-corrected chi connectivity index (χ3v) is 18.5. The number of nitrogens with zero attached hydrogens (tertiary/aromatic N) is 2. The van der Waals surface area contributed by atoms with E-state index in [9.17, 15) is 34.8 Å². The van der Waals surface area contributed by atoms with Gasteiger partial charge in [-0.25, -0.2) is 4.79 Å². The summed E-state index contributed by atoms with van der Waals surface area (Å²) in [4.78, 5) is 47.6. The smallest absolute Gasteiger partial charge is 0.407 e. The molecule has 2 aromatic carbocycles. The number of benzene rings is 2. The van der Waals surface area contributed by atoms with E-state index in [1.54, 1.807) is 47.6 Å². The van der Waals surface area contributed by atoms with Crippen LogP contribution in [-0.2, 0) is 38.0 Å². The number of aliphatic hydroxyl groups excluding tert-OH is 2. The minimum atomic E-state index is -1.96. The number of rotatable bonds is 14. The first kappa shape index (κ1) is 64.6. The summed E-state index contributed by atoms with van der Waals surface area (Å²) >= 11 is 7.79. The Hall–Kier alpha value is -4.00. The lowest BCUT2D eigenvalue weighted by Crippen LogP contribution is -2.61. The Morgan fingerprint density at radius 1 is 0.889 bits per heavy atom. The van der Waals surface area contributed by atoms with Crippen molar-refractivity contribution in [1.29, 1.82) is 0 Å². The van der Waals surface area contributed by atoms with Gasteiger partial charge in [-0.15, -0.1) is 11.3 Å². The van der Waals surface area contributed by atoms with Gasteiger partial charge in [0.1, 0.15) is 35.4 Å². The molecule has 6 N–H and O–H groups in total. The summed E-state index contributed by atoms with van der Waals surface area (Å²) in [6.07, 6.45) is -8.93. The molecule has 4 aliphatic rings. The van der Waals surface area contributed by atoms with Crippen LogP contribution in [0.15, 0.2) is 48.5 Å². The third-order valence-electron chi connectivity index (χ3n) is 17.1. The molecule has 1 aromatic heterocycles. The Bertz CT molecular complexity index is 2620. The second-order valence-electron chi connectivity index (χ2n) is 24.0. The Labute approximate surface area is 487 Å². The number of para-hydroxylation sites is 1. The molecular weight excluding hydrogens is 1080 g/mol. The molecule has 0 aliphatic carbocycles. The quantitative estimate of drug-likeness (QED) is 0.0518. The molecule has 3 aromatic rings. The first-order chi connectivity index (χ1) is 38.1. The Kier molecular flexibility index (Phi) is 21.5. The molecule has 452 valence electrons. The van der Waals surface area contributed by atoms with E-state index in [0.717, 1.165) is 21.6 Å². The van der Waals surface area contributed by atoms with Crippen LogP contribution in [-0.4, -0.2) is 186 Å². The minimum absolute atomic E-state index is 0.0797. The van der Waals surface area contributed by atoms with Crippen molar-refractivity contribution in [2.45, 2.75) is 198 Å². The normalized spacial score (nSPS) is 36.1. The van der Waals surface area contributed by atoms with Gasteiger partial charge < -0.3 is 73.9 Å². The lowest BCUT2D eigenvalue weighted by Gasteiger charge is -2.48. The predicted molar refractivity (Wildman–Crippen MR) is 308 cm³/mol. The zero-order valence-corrected chi connectivity index (χ0v) is 51.2. The van der Waals surface area contributed by atoms with Crippen molar-refractivity contribution in [2.24, 2.45) is 17.8 Å². The van der Waals surface area contributed by atoms with Gasteiger partial charge in [-0.05, 0) is 144 Å². The number of cyclic esters (lactones) is 1. The van der Waals surface area contributed by atoms with Gasteiger partial charge in [0.2, 0.25) is 0 Å². The van der Waals surface area contributed by atoms with E-state index in [0.29, 0.717) is 53.8 Å². The van der Waals surface area contributed by atoms with Crippen molar-refractivity contribution in [1.82, 2.24) is 20.4 Å². The van der Waals surface area contributed by atoms with Crippen LogP contribution >= 0.6 is 22.9 Å². The first-order valence-corrected chi connectivity index (χ1v) is 29.8. The number of hydrogen-bond donors (Lipinski definition) is 6. The number of hydrogen-bond acceptors (Lipinski definition) is 18. The zero-order chi connectivity index (χ0) is 59.5. The summed E-state index contributed by atoms with van der Waals surface area (Å²) in [6.45, 7) is 18.4. The van der Waals surface area contributed by atoms with Crippen LogP contribution in [0.5, 0.6) is 11.5 Å². The molecule has 0 bridgehead atoms. The molecule has 21 heteroatoms. The molecule has 7 rings (SSSR count). The van der Waals surface area contributed by atoms with Gasteiger partial charge in [0.15, 0.2) is 18.7 Å². The number of alkyl carbamates (subject to hydrolysis) is 1. The molecule has 0 spiro atoms. The van der Waals surface area contributed by atoms with Crippen molar-refractivity contribution in [3.63, 3.8) is 0 Å². The maximum atomic E-state index is 14.9. The van der Waals surface area contributed by atoms with E-state index in [1.807, 2.05) is 94.2 Å². The van der Waals surface area contributed by atoms with Crippen LogP contribution in [0, 0.1) is 17.8 Å². The summed E-state index contributed by atoms with van der Waals surface area (Å²) in [7, 11) is 7.08. The SMILES string of the molecule is CC[C@H]1OC(=O)[C@H](C)[C@@H](O[C@@H]2C[C@@](C)(OC)[C@@H](O)[C@@H](C)O2)[C@H](C)[C@@H](O[C@@H]2O[C@H](C)C[C@H](N(C)C)[C@H]2O)[C@](C)(O)C[C@@H](C)CN(C)[C@H](C)C(OC(=O)NCCCCNC(=O)c2cc3c(s2)-c2ccccc2Oc2ccc(Cl)cc2-3)[C@]1(C)O. The largest absolute Gasteiger partial charge is 0.459 e. The Morgan fingerprint density at radius 2 is 1.57 bits per heavy atom. The predicted octanol–water partition coefficient (Wildman–Crippen LogP) is 8.00. The zero-order valence-electron chi connectivity index (χ0n) is 49.6. The number of ether oxygens (including phenoxy) is 8. The Morgan fingerprint density at radius 3 is 2.25 bits per heavy atom. The van der Waals surface area contributed by atoms with Crippen LogP contribution in [0.25, 0.3) is 21.6 Å². The summed E-state index contributed by atoms with van der Waals surface area (Å²) in [5.74, 6) is -1.87. The number of fused-ring (bicyclic) bond motifs is 5. The summed E-state index contributed by atoms with van der Waals surface area (Å²) in [6, 6.07) is 14.0. The highest BCUT2D eigenvalue weighted by Crippen LogP contribution is 2.51. The van der Waals surface area contributed by atoms with E-state index < -0.39 is 102 Å². The summed E-state index contributed by atoms with van der Waals surface area (Å²) in [5, 5.41) is 54.9. The van der Waals surface area contributed by atoms with Crippen molar-refractivity contribution in [3.8, 4) is 33.1 Å². The number of carbonyl (C=O) groups is 3. The average Bonchev–Trinajstić information content (AvgIpc) is 4.09. The number of thiophene rings is 1. The maximum Gasteiger partial charge on any atom is 0.407 e. The van der Waals surface area contributed by atoms with Crippen molar-refractivity contribution in [2.75, 3.05) is 47.9 Å². The van der Waals surface area contributed by atoms with Crippen molar-refractivity contribution in [3.05, 3.63) is 58.4 Å². The second-order valence-corrected chi connectivity index (χ2v) is 25.5. The molecule has 0 radical (unpaired) electrons. The van der Waals surface area contributed by atoms with Gasteiger partial charge in [-0.3, -0.25) is 14.5 Å². The van der Waals surface area contributed by atoms with Crippen molar-refractivity contribution < 1.29 is 72.7 Å². The molecule has 0 saturated carbocycles. The highest BCUT2D eigenvalue weighted by Gasteiger charge is 2.53. The average molecular weight is 1170 g/mol. The van der Waals surface area contributed by atoms with E-state index >= 15 is 0 Å². The monoisotopic (exact) mass is 1170 g/mol. The highest BCUT2D eigenvalue weighted by atomic mass is 35.5. The van der Waals surface area contributed by atoms with E-state index in [-0.39, 0.29) is 49.8 Å². The molecule has 3 fully saturated rings. The van der Waals surface area contributed by atoms with Crippen LogP contribution in [0.2, 0.25) is 5.02 Å². The molecule has 2 amide bonds. The van der Waals surface area contributed by atoms with Gasteiger partial charge in [0.25, 0.3) is 5.91 Å². The lowest BCUT2D eigenvalue weighted by molar-refractivity contribution is -0.318. The molecule has 3 saturated heterocycles. The fourth-order valence-corrected chi connectivity index (χ4v) is 13.7. The summed E-state index contributed by atoms with van der Waals surface area (Å²) in [5.41, 5.74) is -2.18. The van der Waals surface area contributed by atoms with Gasteiger partial charge in [-0.1, -0.05) is 44.5 Å². The number of aliphatic hydroxyl groups is 4. The topological polar surface area (TPSA) is 237 Å². The van der Waals surface area contributed by atoms with E-state index in [4.69, 9.17) is 49.5 Å². The van der Waals surface area contributed by atoms with Gasteiger partial charge in [0.05, 0.1) is 46.4 Å². The minimum Gasteiger partial charge on any atom is -0.459 e. The molecule has 19 nitrogen and oxygen atoms in total. The molecule has 5 heterocycles. The molecule has 4 aliphatic heterocycles. The molecular formula is C60H89ClN4O15S. The van der Waals surface area contributed by atoms with Crippen LogP contribution in [0.3, 0.4) is 0 Å². The standard InChI is InChI=1S/C60H89ClN4O15S/c1-15-46-60(10,72)53(80-57(70)63-25-19-18-24-62-54(68)45-28-41-40-27-38(61)22-23-44(40)76-43-21-17-16-20-39(43)50(41)81-45)36(6)65(13)31-32(2)29-58(8,71)52(79-56-48(66)42(64(11)12)26-33(3)74-56)34(4)49(35(5)55(69)77-46)78-47-30-59(9,73-14)51(67)37(7)75-47/h16-17,20-23,27-28,32-37,42,46-49,51-53,56,66-67,71-72H,15,18-19,24-26,29-31H2,1-14H3,(H,62,68)(H,63,70)/t32-,33-,34+,35-,36-,37-,42+,46-,47-,48-,49+,51+,52-,53?,56+,58-,59-,60-/m1/s1. The van der Waals surface area contributed by atoms with E-state index in [1.165, 1.54) is 25.4 Å². The maximum absolute atomic E-state index is 14.9. The van der Waals surface area contributed by atoms with Crippen LogP contribution in [0.4, 0.5) is 4.79 Å². The van der Waals surface area contributed by atoms with Gasteiger partial charge in [0, 0.05) is 77.8 Å². The first-order valence-electron chi connectivity index (χ1n) is 28.6. The fraction of sp³-hybridized carbons (Fsp3) is 0.683. The van der Waals surface area contributed by atoms with E-state index in [2.05, 4.69) is 10.6 Å². The lowest BCUT2D eigenvalue weighted by atomic mass is 9.77.